The van der Waals surface area contributed by atoms with E-state index in [2.05, 4.69) is 0 Å². The number of nitrogens with zero attached hydrogens (tertiary/aromatic N) is 1. The number of benzene rings is 3. The van der Waals surface area contributed by atoms with Crippen LogP contribution < -0.4 is 15.2 Å². The Bertz CT molecular complexity index is 1400. The van der Waals surface area contributed by atoms with Crippen LogP contribution in [0, 0.1) is 0 Å². The lowest BCUT2D eigenvalue weighted by atomic mass is 10.2. The van der Waals surface area contributed by atoms with Crippen molar-refractivity contribution in [3.8, 4) is 11.5 Å². The van der Waals surface area contributed by atoms with Crippen molar-refractivity contribution in [1.82, 2.24) is 4.57 Å². The fourth-order valence-corrected chi connectivity index (χ4v) is 6.78. The molecule has 0 saturated heterocycles. The Kier molecular flexibility index (Phi) is 6.76. The zero-order valence-corrected chi connectivity index (χ0v) is 21.1. The van der Waals surface area contributed by atoms with E-state index < -0.39 is 9.84 Å². The van der Waals surface area contributed by atoms with Gasteiger partial charge in [0.25, 0.3) is 0 Å². The van der Waals surface area contributed by atoms with E-state index in [-0.39, 0.29) is 34.0 Å². The van der Waals surface area contributed by atoms with Crippen LogP contribution in [-0.4, -0.2) is 25.2 Å². The first-order chi connectivity index (χ1) is 15.4. The third-order valence-electron chi connectivity index (χ3n) is 5.28. The van der Waals surface area contributed by atoms with Gasteiger partial charge in [0.1, 0.15) is 4.90 Å². The Morgan fingerprint density at radius 3 is 2.45 bits per heavy atom. The van der Waals surface area contributed by atoms with Crippen molar-refractivity contribution < 1.29 is 17.9 Å². The highest BCUT2D eigenvalue weighted by Gasteiger charge is 2.30. The second kappa shape index (κ2) is 9.42. The van der Waals surface area contributed by atoms with Gasteiger partial charge in [0.05, 0.1) is 20.8 Å². The van der Waals surface area contributed by atoms with Crippen LogP contribution in [0.15, 0.2) is 87.6 Å². The van der Waals surface area contributed by atoms with E-state index in [1.165, 1.54) is 11.8 Å². The Morgan fingerprint density at radius 1 is 1.00 bits per heavy atom. The first-order valence-corrected chi connectivity index (χ1v) is 12.5. The second-order valence-electron chi connectivity index (χ2n) is 7.56. The van der Waals surface area contributed by atoms with Gasteiger partial charge in [0, 0.05) is 11.9 Å². The molecule has 9 heteroatoms. The maximum Gasteiger partial charge on any atom is 0.231 e. The van der Waals surface area contributed by atoms with Gasteiger partial charge in [-0.1, -0.05) is 54.2 Å². The monoisotopic (exact) mass is 546 g/mol. The van der Waals surface area contributed by atoms with Gasteiger partial charge >= 0.3 is 0 Å². The fraction of sp³-hybridized carbons (Fsp3) is 0.167. The van der Waals surface area contributed by atoms with Crippen LogP contribution in [0.25, 0.3) is 10.9 Å². The number of para-hydroxylation sites is 1. The molecule has 0 aliphatic carbocycles. The van der Waals surface area contributed by atoms with Gasteiger partial charge in [-0.2, -0.15) is 0 Å². The number of aromatic nitrogens is 1. The van der Waals surface area contributed by atoms with Crippen molar-refractivity contribution in [3.63, 3.8) is 0 Å². The number of hydrogen-bond donors (Lipinski definition) is 1. The van der Waals surface area contributed by atoms with Gasteiger partial charge in [0.2, 0.25) is 16.6 Å². The molecule has 1 aliphatic heterocycles. The standard InChI is InChI=1S/C24H22N2O4S2.BrH/c1-16(25)31-24-23(32(27,28)18-7-3-2-4-8-18)19-9-5-6-10-20(19)26(24)14-17-11-12-21-22(13-17)30-15-29-21;/h2-13,16H,14-15,25H2,1H3;1H. The highest BCUT2D eigenvalue weighted by molar-refractivity contribution is 8.93. The normalized spacial score (nSPS) is 13.6. The average Bonchev–Trinajstić information content (AvgIpc) is 3.37. The van der Waals surface area contributed by atoms with Crippen molar-refractivity contribution in [3.05, 3.63) is 78.4 Å². The molecule has 3 aromatic carbocycles. The van der Waals surface area contributed by atoms with Gasteiger partial charge in [-0.05, 0) is 42.8 Å². The summed E-state index contributed by atoms with van der Waals surface area (Å²) in [6.07, 6.45) is 0. The van der Waals surface area contributed by atoms with Crippen molar-refractivity contribution >= 4 is 49.5 Å². The zero-order chi connectivity index (χ0) is 22.3. The summed E-state index contributed by atoms with van der Waals surface area (Å²) in [5.74, 6) is 1.40. The van der Waals surface area contributed by atoms with Gasteiger partial charge < -0.3 is 19.8 Å². The molecule has 2 heterocycles. The molecule has 0 spiro atoms. The van der Waals surface area contributed by atoms with Gasteiger partial charge in [0.15, 0.2) is 11.5 Å². The minimum absolute atomic E-state index is 0. The smallest absolute Gasteiger partial charge is 0.231 e. The molecule has 33 heavy (non-hydrogen) atoms. The van der Waals surface area contributed by atoms with Crippen LogP contribution >= 0.6 is 28.7 Å². The van der Waals surface area contributed by atoms with E-state index in [1.54, 1.807) is 30.3 Å². The Balaban J connectivity index is 0.00000259. The predicted molar refractivity (Wildman–Crippen MR) is 135 cm³/mol. The summed E-state index contributed by atoms with van der Waals surface area (Å²) in [6.45, 7) is 2.53. The molecule has 6 nitrogen and oxygen atoms in total. The van der Waals surface area contributed by atoms with Crippen molar-refractivity contribution in [1.29, 1.82) is 0 Å². The number of halogens is 1. The summed E-state index contributed by atoms with van der Waals surface area (Å²) in [5.41, 5.74) is 7.96. The number of hydrogen-bond acceptors (Lipinski definition) is 6. The molecule has 0 bridgehead atoms. The predicted octanol–water partition coefficient (Wildman–Crippen LogP) is 5.23. The number of sulfone groups is 1. The molecular formula is C24H23BrN2O4S2. The number of fused-ring (bicyclic) bond motifs is 2. The third-order valence-corrected chi connectivity index (χ3v) is 8.27. The zero-order valence-electron chi connectivity index (χ0n) is 17.8. The lowest BCUT2D eigenvalue weighted by molar-refractivity contribution is 0.174. The highest BCUT2D eigenvalue weighted by Crippen LogP contribution is 2.41. The molecule has 1 atom stereocenters. The SMILES string of the molecule is Br.CC(N)Sc1c(S(=O)(=O)c2ccccc2)c2ccccc2n1Cc1ccc2c(c1)OCO2. The number of rotatable bonds is 6. The minimum Gasteiger partial charge on any atom is -0.454 e. The Labute approximate surface area is 207 Å². The van der Waals surface area contributed by atoms with E-state index in [0.29, 0.717) is 33.4 Å². The van der Waals surface area contributed by atoms with E-state index in [0.717, 1.165) is 11.1 Å². The van der Waals surface area contributed by atoms with Crippen LogP contribution in [0.2, 0.25) is 0 Å². The molecule has 172 valence electrons. The molecule has 0 fully saturated rings. The maximum absolute atomic E-state index is 13.8. The van der Waals surface area contributed by atoms with E-state index in [1.807, 2.05) is 54.0 Å². The van der Waals surface area contributed by atoms with Crippen molar-refractivity contribution in [2.75, 3.05) is 6.79 Å². The number of nitrogens with two attached hydrogens (primary N) is 1. The largest absolute Gasteiger partial charge is 0.454 e. The van der Waals surface area contributed by atoms with Gasteiger partial charge in [-0.25, -0.2) is 8.42 Å². The molecular weight excluding hydrogens is 524 g/mol. The average molecular weight is 547 g/mol. The minimum atomic E-state index is -3.76. The van der Waals surface area contributed by atoms with Crippen LogP contribution in [-0.2, 0) is 16.4 Å². The molecule has 1 unspecified atom stereocenters. The topological polar surface area (TPSA) is 83.6 Å². The summed E-state index contributed by atoms with van der Waals surface area (Å²) in [7, 11) is -3.76. The van der Waals surface area contributed by atoms with E-state index >= 15 is 0 Å². The van der Waals surface area contributed by atoms with Gasteiger partial charge in [-0.3, -0.25) is 0 Å². The Morgan fingerprint density at radius 2 is 1.70 bits per heavy atom. The van der Waals surface area contributed by atoms with Crippen LogP contribution in [0.4, 0.5) is 0 Å². The van der Waals surface area contributed by atoms with E-state index in [4.69, 9.17) is 15.2 Å². The van der Waals surface area contributed by atoms with Crippen LogP contribution in [0.1, 0.15) is 12.5 Å². The van der Waals surface area contributed by atoms with Crippen LogP contribution in [0.3, 0.4) is 0 Å². The summed E-state index contributed by atoms with van der Waals surface area (Å²) in [5, 5.41) is 1.02. The van der Waals surface area contributed by atoms with E-state index in [9.17, 15) is 8.42 Å². The van der Waals surface area contributed by atoms with Crippen LogP contribution in [0.5, 0.6) is 11.5 Å². The lowest BCUT2D eigenvalue weighted by Gasteiger charge is -2.14. The summed E-state index contributed by atoms with van der Waals surface area (Å²) < 4.78 is 40.5. The summed E-state index contributed by atoms with van der Waals surface area (Å²) >= 11 is 1.35. The quantitative estimate of drug-likeness (QED) is 0.263. The lowest BCUT2D eigenvalue weighted by Crippen LogP contribution is -2.13. The fourth-order valence-electron chi connectivity index (χ4n) is 3.90. The molecule has 4 aromatic rings. The first kappa shape index (κ1) is 23.7. The Hall–Kier alpha value is -2.46. The first-order valence-electron chi connectivity index (χ1n) is 10.2. The third kappa shape index (κ3) is 4.38. The molecule has 0 saturated carbocycles. The van der Waals surface area contributed by atoms with Crippen molar-refractivity contribution in [2.45, 2.75) is 33.7 Å². The van der Waals surface area contributed by atoms with Gasteiger partial charge in [-0.15, -0.1) is 17.0 Å². The molecule has 0 amide bonds. The van der Waals surface area contributed by atoms with Crippen molar-refractivity contribution in [2.24, 2.45) is 5.73 Å². The molecule has 0 radical (unpaired) electrons. The maximum atomic E-state index is 13.8. The number of ether oxygens (including phenoxy) is 2. The molecule has 2 N–H and O–H groups in total. The second-order valence-corrected chi connectivity index (χ2v) is 10.8. The molecule has 1 aromatic heterocycles. The molecule has 5 rings (SSSR count). The highest BCUT2D eigenvalue weighted by atomic mass is 79.9. The number of thioether (sulfide) groups is 1. The molecule has 1 aliphatic rings. The summed E-state index contributed by atoms with van der Waals surface area (Å²) in [4.78, 5) is 0.555. The summed E-state index contributed by atoms with van der Waals surface area (Å²) in [6, 6.07) is 21.9.